The second-order valence-corrected chi connectivity index (χ2v) is 6.32. The molecule has 1 saturated heterocycles. The van der Waals surface area contributed by atoms with Crippen LogP contribution in [0, 0.1) is 0 Å². The monoisotopic (exact) mass is 341 g/mol. The topological polar surface area (TPSA) is 65.9 Å². The molecule has 0 bridgehead atoms. The number of likely N-dealkylation sites (N-methyl/N-ethyl adjacent to an activating group) is 1. The molecule has 6 nitrogen and oxygen atoms in total. The molecule has 2 heterocycles. The largest absolute Gasteiger partial charge is 0.497 e. The predicted molar refractivity (Wildman–Crippen MR) is 94.4 cm³/mol. The Labute approximate surface area is 147 Å². The van der Waals surface area contributed by atoms with Gasteiger partial charge in [-0.3, -0.25) is 14.7 Å². The highest BCUT2D eigenvalue weighted by molar-refractivity contribution is 5.92. The van der Waals surface area contributed by atoms with Gasteiger partial charge in [0, 0.05) is 25.8 Å². The minimum absolute atomic E-state index is 0.102. The van der Waals surface area contributed by atoms with Crippen LogP contribution in [0.15, 0.2) is 48.7 Å². The van der Waals surface area contributed by atoms with Gasteiger partial charge in [-0.25, -0.2) is 0 Å². The lowest BCUT2D eigenvalue weighted by atomic mass is 10.1. The van der Waals surface area contributed by atoms with Crippen molar-refractivity contribution in [1.29, 1.82) is 0 Å². The zero-order valence-electron chi connectivity index (χ0n) is 14.5. The van der Waals surface area contributed by atoms with Crippen molar-refractivity contribution in [2.75, 3.05) is 27.2 Å². The number of pyridine rings is 1. The first-order chi connectivity index (χ1) is 12.1. The maximum Gasteiger partial charge on any atom is 0.272 e. The van der Waals surface area contributed by atoms with E-state index in [4.69, 9.17) is 4.74 Å². The van der Waals surface area contributed by atoms with Crippen LogP contribution in [-0.4, -0.2) is 65.2 Å². The maximum atomic E-state index is 12.5. The second-order valence-electron chi connectivity index (χ2n) is 6.32. The van der Waals surface area contributed by atoms with Crippen molar-refractivity contribution in [2.24, 2.45) is 0 Å². The third-order valence-corrected chi connectivity index (χ3v) is 4.59. The van der Waals surface area contributed by atoms with E-state index in [1.807, 2.05) is 31.3 Å². The molecular formula is C19H23N3O3. The molecule has 0 radical (unpaired) electrons. The van der Waals surface area contributed by atoms with E-state index in [1.165, 1.54) is 0 Å². The Morgan fingerprint density at radius 1 is 1.28 bits per heavy atom. The van der Waals surface area contributed by atoms with Crippen molar-refractivity contribution in [3.63, 3.8) is 0 Å². The number of likely N-dealkylation sites (tertiary alicyclic amines) is 1. The first-order valence-electron chi connectivity index (χ1n) is 8.30. The highest BCUT2D eigenvalue weighted by atomic mass is 16.5. The van der Waals surface area contributed by atoms with E-state index in [0.29, 0.717) is 25.3 Å². The van der Waals surface area contributed by atoms with Crippen molar-refractivity contribution in [1.82, 2.24) is 14.8 Å². The summed E-state index contributed by atoms with van der Waals surface area (Å²) in [4.78, 5) is 20.4. The van der Waals surface area contributed by atoms with E-state index in [2.05, 4.69) is 9.88 Å². The van der Waals surface area contributed by atoms with Gasteiger partial charge in [0.25, 0.3) is 5.91 Å². The number of nitrogens with zero attached hydrogens (tertiary/aromatic N) is 3. The Morgan fingerprint density at radius 3 is 2.68 bits per heavy atom. The van der Waals surface area contributed by atoms with Crippen molar-refractivity contribution >= 4 is 5.91 Å². The quantitative estimate of drug-likeness (QED) is 0.891. The number of benzene rings is 1. The molecule has 2 atom stereocenters. The van der Waals surface area contributed by atoms with Gasteiger partial charge in [0.15, 0.2) is 0 Å². The molecule has 132 valence electrons. The Kier molecular flexibility index (Phi) is 5.31. The molecule has 0 aliphatic carbocycles. The van der Waals surface area contributed by atoms with Gasteiger partial charge in [0.1, 0.15) is 11.4 Å². The molecule has 1 aliphatic rings. The summed E-state index contributed by atoms with van der Waals surface area (Å²) in [5.41, 5.74) is 1.54. The van der Waals surface area contributed by atoms with E-state index < -0.39 is 6.10 Å². The predicted octanol–water partition coefficient (Wildman–Crippen LogP) is 1.41. The number of amides is 1. The van der Waals surface area contributed by atoms with Gasteiger partial charge in [-0.05, 0) is 36.9 Å². The van der Waals surface area contributed by atoms with Crippen molar-refractivity contribution < 1.29 is 14.6 Å². The fourth-order valence-electron chi connectivity index (χ4n) is 3.16. The molecular weight excluding hydrogens is 318 g/mol. The van der Waals surface area contributed by atoms with Crippen LogP contribution < -0.4 is 4.74 Å². The Bertz CT molecular complexity index is 706. The van der Waals surface area contributed by atoms with Gasteiger partial charge in [-0.1, -0.05) is 18.2 Å². The van der Waals surface area contributed by atoms with Gasteiger partial charge in [0.2, 0.25) is 0 Å². The van der Waals surface area contributed by atoms with Crippen molar-refractivity contribution in [2.45, 2.75) is 18.7 Å². The molecule has 0 unspecified atom stereocenters. The molecule has 1 amide bonds. The van der Waals surface area contributed by atoms with Crippen LogP contribution in [0.2, 0.25) is 0 Å². The minimum atomic E-state index is -0.573. The van der Waals surface area contributed by atoms with E-state index >= 15 is 0 Å². The van der Waals surface area contributed by atoms with Crippen LogP contribution >= 0.6 is 0 Å². The molecule has 1 aliphatic heterocycles. The highest BCUT2D eigenvalue weighted by Crippen LogP contribution is 2.20. The van der Waals surface area contributed by atoms with Gasteiger partial charge in [0.05, 0.1) is 19.3 Å². The lowest BCUT2D eigenvalue weighted by molar-refractivity contribution is 0.0757. The number of aliphatic hydroxyl groups is 1. The standard InChI is InChI=1S/C19H23N3O3/c1-21(11-14-6-8-15(25-2)9-7-14)17-12-22(13-18(17)23)19(24)16-5-3-4-10-20-16/h3-10,17-18,23H,11-13H2,1-2H3/t17-,18-/m1/s1. The van der Waals surface area contributed by atoms with E-state index in [9.17, 15) is 9.90 Å². The lowest BCUT2D eigenvalue weighted by Crippen LogP contribution is -2.40. The molecule has 1 N–H and O–H groups in total. The molecule has 1 aromatic heterocycles. The summed E-state index contributed by atoms with van der Waals surface area (Å²) in [5, 5.41) is 10.4. The average Bonchev–Trinajstić information content (AvgIpc) is 3.04. The number of aliphatic hydroxyl groups excluding tert-OH is 1. The number of methoxy groups -OCH3 is 1. The number of β-amino-alcohol motifs (C(OH)–C–C–N with tert-alkyl or cyclic N) is 1. The number of rotatable bonds is 5. The van der Waals surface area contributed by atoms with E-state index in [-0.39, 0.29) is 11.9 Å². The van der Waals surface area contributed by atoms with Gasteiger partial charge in [-0.15, -0.1) is 0 Å². The zero-order chi connectivity index (χ0) is 17.8. The lowest BCUT2D eigenvalue weighted by Gasteiger charge is -2.26. The van der Waals surface area contributed by atoms with E-state index in [1.54, 1.807) is 36.4 Å². The first-order valence-corrected chi connectivity index (χ1v) is 8.30. The summed E-state index contributed by atoms with van der Waals surface area (Å²) >= 11 is 0. The normalized spacial score (nSPS) is 20.1. The third kappa shape index (κ3) is 3.97. The first kappa shape index (κ1) is 17.4. The van der Waals surface area contributed by atoms with E-state index in [0.717, 1.165) is 11.3 Å². The van der Waals surface area contributed by atoms with Crippen LogP contribution in [-0.2, 0) is 6.54 Å². The summed E-state index contributed by atoms with van der Waals surface area (Å²) in [7, 11) is 3.61. The summed E-state index contributed by atoms with van der Waals surface area (Å²) in [6, 6.07) is 13.0. The highest BCUT2D eigenvalue weighted by Gasteiger charge is 2.36. The van der Waals surface area contributed by atoms with Crippen LogP contribution in [0.3, 0.4) is 0 Å². The number of ether oxygens (including phenoxy) is 1. The SMILES string of the molecule is COc1ccc(CN(C)[C@@H]2CN(C(=O)c3ccccn3)C[C@H]2O)cc1. The van der Waals surface area contributed by atoms with Gasteiger partial charge in [-0.2, -0.15) is 0 Å². The van der Waals surface area contributed by atoms with Crippen LogP contribution in [0.4, 0.5) is 0 Å². The second kappa shape index (κ2) is 7.63. The minimum Gasteiger partial charge on any atom is -0.497 e. The molecule has 25 heavy (non-hydrogen) atoms. The molecule has 0 saturated carbocycles. The molecule has 3 rings (SSSR count). The molecule has 0 spiro atoms. The van der Waals surface area contributed by atoms with Crippen LogP contribution in [0.25, 0.3) is 0 Å². The Morgan fingerprint density at radius 2 is 2.04 bits per heavy atom. The number of carbonyl (C=O) groups is 1. The number of hydrogen-bond acceptors (Lipinski definition) is 5. The summed E-state index contributed by atoms with van der Waals surface area (Å²) in [6.07, 6.45) is 1.03. The Hall–Kier alpha value is -2.44. The summed E-state index contributed by atoms with van der Waals surface area (Å²) in [5.74, 6) is 0.680. The molecule has 2 aromatic rings. The third-order valence-electron chi connectivity index (χ3n) is 4.59. The molecule has 1 aromatic carbocycles. The Balaban J connectivity index is 1.63. The smallest absolute Gasteiger partial charge is 0.272 e. The number of carbonyl (C=O) groups excluding carboxylic acids is 1. The summed E-state index contributed by atoms with van der Waals surface area (Å²) in [6.45, 7) is 1.51. The van der Waals surface area contributed by atoms with Crippen molar-refractivity contribution in [3.8, 4) is 5.75 Å². The van der Waals surface area contributed by atoms with Crippen LogP contribution in [0.1, 0.15) is 16.1 Å². The summed E-state index contributed by atoms with van der Waals surface area (Å²) < 4.78 is 5.17. The number of hydrogen-bond donors (Lipinski definition) is 1. The fraction of sp³-hybridized carbons (Fsp3) is 0.368. The van der Waals surface area contributed by atoms with Gasteiger partial charge < -0.3 is 14.7 Å². The molecule has 1 fully saturated rings. The fourth-order valence-corrected chi connectivity index (χ4v) is 3.16. The number of aromatic nitrogens is 1. The average molecular weight is 341 g/mol. The molecule has 6 heteroatoms. The van der Waals surface area contributed by atoms with Crippen LogP contribution in [0.5, 0.6) is 5.75 Å². The van der Waals surface area contributed by atoms with Crippen molar-refractivity contribution in [3.05, 3.63) is 59.9 Å². The van der Waals surface area contributed by atoms with Gasteiger partial charge >= 0.3 is 0 Å². The zero-order valence-corrected chi connectivity index (χ0v) is 14.5. The maximum absolute atomic E-state index is 12.5.